The number of fused-ring (bicyclic) bond motifs is 3. The summed E-state index contributed by atoms with van der Waals surface area (Å²) >= 11 is 0. The van der Waals surface area contributed by atoms with Gasteiger partial charge in [-0.3, -0.25) is 4.79 Å². The molecule has 3 saturated carbocycles. The molecule has 1 N–H and O–H groups in total. The van der Waals surface area contributed by atoms with Crippen LogP contribution in [-0.2, 0) is 4.79 Å². The van der Waals surface area contributed by atoms with Gasteiger partial charge in [0.2, 0.25) is 5.91 Å². The number of carbonyl (C=O) groups is 1. The number of guanidine groups is 1. The van der Waals surface area contributed by atoms with Crippen LogP contribution in [0.3, 0.4) is 0 Å². The summed E-state index contributed by atoms with van der Waals surface area (Å²) in [7, 11) is 3.62. The molecule has 1 aliphatic heterocycles. The number of likely N-dealkylation sites (N-methyl/N-ethyl adjacent to an activating group) is 1. The molecule has 0 aromatic heterocycles. The summed E-state index contributed by atoms with van der Waals surface area (Å²) < 4.78 is 0. The molecule has 4 aliphatic rings. The molecular formula is C20H34N4O. The van der Waals surface area contributed by atoms with Crippen LogP contribution in [0, 0.1) is 23.7 Å². The van der Waals surface area contributed by atoms with Gasteiger partial charge in [0.05, 0.1) is 0 Å². The molecule has 140 valence electrons. The number of likely N-dealkylation sites (tertiary alicyclic amines) is 1. The third-order valence-electron chi connectivity index (χ3n) is 7.19. The highest BCUT2D eigenvalue weighted by molar-refractivity contribution is 5.85. The highest BCUT2D eigenvalue weighted by Gasteiger charge is 2.41. The Labute approximate surface area is 152 Å². The first kappa shape index (κ1) is 17.2. The molecule has 5 nitrogen and oxygen atoms in total. The normalized spacial score (nSPS) is 37.3. The van der Waals surface area contributed by atoms with Gasteiger partial charge in [-0.2, -0.15) is 0 Å². The largest absolute Gasteiger partial charge is 0.353 e. The summed E-state index contributed by atoms with van der Waals surface area (Å²) in [6.45, 7) is 2.53. The van der Waals surface area contributed by atoms with Crippen LogP contribution in [0.4, 0.5) is 0 Å². The summed E-state index contributed by atoms with van der Waals surface area (Å²) in [6, 6.07) is 0.578. The minimum absolute atomic E-state index is 0.0869. The lowest BCUT2D eigenvalue weighted by Gasteiger charge is -2.29. The van der Waals surface area contributed by atoms with Crippen LogP contribution in [0.15, 0.2) is 4.99 Å². The van der Waals surface area contributed by atoms with Gasteiger partial charge < -0.3 is 15.1 Å². The summed E-state index contributed by atoms with van der Waals surface area (Å²) in [5.41, 5.74) is 0. The van der Waals surface area contributed by atoms with Gasteiger partial charge in [0.15, 0.2) is 5.96 Å². The maximum Gasteiger partial charge on any atom is 0.243 e. The fourth-order valence-corrected chi connectivity index (χ4v) is 5.69. The molecule has 1 amide bonds. The zero-order valence-corrected chi connectivity index (χ0v) is 15.9. The number of nitrogens with one attached hydrogen (secondary N) is 1. The molecule has 1 saturated heterocycles. The molecule has 2 bridgehead atoms. The van der Waals surface area contributed by atoms with Crippen LogP contribution in [-0.4, -0.2) is 61.4 Å². The van der Waals surface area contributed by atoms with Crippen molar-refractivity contribution in [3.8, 4) is 0 Å². The number of nitrogens with zero attached hydrogens (tertiary/aromatic N) is 3. The lowest BCUT2D eigenvalue weighted by Crippen LogP contribution is -2.47. The van der Waals surface area contributed by atoms with E-state index in [1.165, 1.54) is 51.4 Å². The zero-order chi connectivity index (χ0) is 17.4. The van der Waals surface area contributed by atoms with Crippen LogP contribution in [0.5, 0.6) is 0 Å². The SMILES string of the molecule is CN(C)C(=O)CN=C(NC1CC2CCC1C2)N1CC2CCCCC2C1. The van der Waals surface area contributed by atoms with Crippen molar-refractivity contribution in [1.29, 1.82) is 0 Å². The van der Waals surface area contributed by atoms with E-state index in [4.69, 9.17) is 4.99 Å². The quantitative estimate of drug-likeness (QED) is 0.630. The molecule has 0 radical (unpaired) electrons. The van der Waals surface area contributed by atoms with Crippen molar-refractivity contribution in [2.24, 2.45) is 28.7 Å². The minimum atomic E-state index is 0.0869. The first-order valence-corrected chi connectivity index (χ1v) is 10.4. The Morgan fingerprint density at radius 2 is 1.76 bits per heavy atom. The second-order valence-electron chi connectivity index (χ2n) is 9.06. The maximum atomic E-state index is 12.1. The second-order valence-corrected chi connectivity index (χ2v) is 9.06. The van der Waals surface area contributed by atoms with E-state index in [0.29, 0.717) is 6.04 Å². The lowest BCUT2D eigenvalue weighted by molar-refractivity contribution is -0.127. The fourth-order valence-electron chi connectivity index (χ4n) is 5.69. The van der Waals surface area contributed by atoms with Crippen LogP contribution in [0.1, 0.15) is 51.4 Å². The van der Waals surface area contributed by atoms with Crippen molar-refractivity contribution >= 4 is 11.9 Å². The Kier molecular flexibility index (Phi) is 4.92. The average Bonchev–Trinajstić information content (AvgIpc) is 3.32. The minimum Gasteiger partial charge on any atom is -0.353 e. The van der Waals surface area contributed by atoms with E-state index in [9.17, 15) is 4.79 Å². The van der Waals surface area contributed by atoms with Gasteiger partial charge in [0.1, 0.15) is 6.54 Å². The van der Waals surface area contributed by atoms with Gasteiger partial charge in [-0.1, -0.05) is 19.3 Å². The predicted octanol–water partition coefficient (Wildman–Crippen LogP) is 2.33. The maximum absolute atomic E-state index is 12.1. The number of hydrogen-bond donors (Lipinski definition) is 1. The average molecular weight is 347 g/mol. The topological polar surface area (TPSA) is 47.9 Å². The molecule has 0 aromatic rings. The Hall–Kier alpha value is -1.26. The molecule has 1 heterocycles. The standard InChI is InChI=1S/C20H34N4O/c1-23(2)19(25)11-21-20(22-18-10-14-7-8-15(18)9-14)24-12-16-5-3-4-6-17(16)13-24/h14-18H,3-13H2,1-2H3,(H,21,22). The van der Waals surface area contributed by atoms with Crippen molar-refractivity contribution < 1.29 is 4.79 Å². The van der Waals surface area contributed by atoms with Crippen LogP contribution in [0.2, 0.25) is 0 Å². The van der Waals surface area contributed by atoms with Gasteiger partial charge in [-0.25, -0.2) is 4.99 Å². The molecule has 4 fully saturated rings. The highest BCUT2D eigenvalue weighted by Crippen LogP contribution is 2.44. The number of hydrogen-bond acceptors (Lipinski definition) is 2. The summed E-state index contributed by atoms with van der Waals surface area (Å²) in [4.78, 5) is 20.9. The zero-order valence-electron chi connectivity index (χ0n) is 15.9. The van der Waals surface area contributed by atoms with E-state index in [0.717, 1.165) is 42.7 Å². The van der Waals surface area contributed by atoms with Crippen molar-refractivity contribution in [2.75, 3.05) is 33.7 Å². The molecule has 3 aliphatic carbocycles. The summed E-state index contributed by atoms with van der Waals surface area (Å²) in [5.74, 6) is 4.53. The van der Waals surface area contributed by atoms with Crippen LogP contribution >= 0.6 is 0 Å². The first-order chi connectivity index (χ1) is 12.1. The Morgan fingerprint density at radius 1 is 1.04 bits per heavy atom. The predicted molar refractivity (Wildman–Crippen MR) is 100 cm³/mol. The fraction of sp³-hybridized carbons (Fsp3) is 0.900. The van der Waals surface area contributed by atoms with Gasteiger partial charge in [-0.05, 0) is 55.8 Å². The van der Waals surface area contributed by atoms with Crippen LogP contribution in [0.25, 0.3) is 0 Å². The smallest absolute Gasteiger partial charge is 0.243 e. The van der Waals surface area contributed by atoms with Crippen molar-refractivity contribution in [2.45, 2.75) is 57.4 Å². The Balaban J connectivity index is 1.45. The Morgan fingerprint density at radius 3 is 2.32 bits per heavy atom. The third kappa shape index (κ3) is 3.65. The molecule has 5 unspecified atom stereocenters. The second kappa shape index (κ2) is 7.16. The molecular weight excluding hydrogens is 312 g/mol. The number of aliphatic imine (C=N–C) groups is 1. The van der Waals surface area contributed by atoms with Gasteiger partial charge in [-0.15, -0.1) is 0 Å². The third-order valence-corrected chi connectivity index (χ3v) is 7.19. The molecule has 5 atom stereocenters. The molecule has 4 rings (SSSR count). The van der Waals surface area contributed by atoms with E-state index in [1.54, 1.807) is 4.90 Å². The van der Waals surface area contributed by atoms with E-state index >= 15 is 0 Å². The van der Waals surface area contributed by atoms with E-state index < -0.39 is 0 Å². The van der Waals surface area contributed by atoms with Crippen LogP contribution < -0.4 is 5.32 Å². The number of amides is 1. The van der Waals surface area contributed by atoms with Gasteiger partial charge in [0, 0.05) is 33.2 Å². The number of rotatable bonds is 3. The number of carbonyl (C=O) groups excluding carboxylic acids is 1. The Bertz CT molecular complexity index is 518. The van der Waals surface area contributed by atoms with Crippen molar-refractivity contribution in [3.05, 3.63) is 0 Å². The monoisotopic (exact) mass is 346 g/mol. The molecule has 0 spiro atoms. The van der Waals surface area contributed by atoms with Gasteiger partial charge in [0.25, 0.3) is 0 Å². The van der Waals surface area contributed by atoms with E-state index in [-0.39, 0.29) is 12.5 Å². The summed E-state index contributed by atoms with van der Waals surface area (Å²) in [6.07, 6.45) is 11.0. The van der Waals surface area contributed by atoms with E-state index in [1.807, 2.05) is 14.1 Å². The molecule has 0 aromatic carbocycles. The lowest BCUT2D eigenvalue weighted by atomic mass is 9.82. The first-order valence-electron chi connectivity index (χ1n) is 10.4. The molecule has 5 heteroatoms. The summed E-state index contributed by atoms with van der Waals surface area (Å²) in [5, 5.41) is 3.80. The van der Waals surface area contributed by atoms with Gasteiger partial charge >= 0.3 is 0 Å². The highest BCUT2D eigenvalue weighted by atomic mass is 16.2. The van der Waals surface area contributed by atoms with Crippen molar-refractivity contribution in [1.82, 2.24) is 15.1 Å². The van der Waals surface area contributed by atoms with E-state index in [2.05, 4.69) is 10.2 Å². The van der Waals surface area contributed by atoms with Crippen molar-refractivity contribution in [3.63, 3.8) is 0 Å². The molecule has 25 heavy (non-hydrogen) atoms.